The zero-order valence-corrected chi connectivity index (χ0v) is 13.9. The highest BCUT2D eigenvalue weighted by atomic mass is 16.6. The van der Waals surface area contributed by atoms with Gasteiger partial charge in [0.15, 0.2) is 0 Å². The van der Waals surface area contributed by atoms with Crippen molar-refractivity contribution in [1.82, 2.24) is 19.9 Å². The van der Waals surface area contributed by atoms with Crippen LogP contribution in [0.25, 0.3) is 11.3 Å². The molecule has 1 aliphatic rings. The highest BCUT2D eigenvalue weighted by molar-refractivity contribution is 5.71. The predicted molar refractivity (Wildman–Crippen MR) is 91.8 cm³/mol. The first-order valence-corrected chi connectivity index (χ1v) is 8.37. The molecule has 0 bridgehead atoms. The molecule has 1 aromatic heterocycles. The highest BCUT2D eigenvalue weighted by Gasteiger charge is 2.20. The molecule has 2 aromatic rings. The van der Waals surface area contributed by atoms with Crippen LogP contribution in [0.4, 0.5) is 4.79 Å². The van der Waals surface area contributed by atoms with Crippen LogP contribution in [0, 0.1) is 0 Å². The van der Waals surface area contributed by atoms with E-state index >= 15 is 0 Å². The van der Waals surface area contributed by atoms with Gasteiger partial charge < -0.3 is 9.64 Å². The standard InChI is InChI=1S/C18H22N4O2/c1-2-3-13-24-18(23)21-11-9-15(10-12-21)17-14-22(20-19-17)16-7-5-4-6-8-16/h4-9,14H,2-3,10-13H2,1H3. The number of para-hydroxylation sites is 1. The van der Waals surface area contributed by atoms with E-state index in [1.54, 1.807) is 9.58 Å². The summed E-state index contributed by atoms with van der Waals surface area (Å²) in [6.07, 6.45) is 6.42. The van der Waals surface area contributed by atoms with E-state index in [0.29, 0.717) is 19.7 Å². The number of ether oxygens (including phenoxy) is 1. The number of aromatic nitrogens is 3. The van der Waals surface area contributed by atoms with Gasteiger partial charge in [0, 0.05) is 13.1 Å². The first-order chi connectivity index (χ1) is 11.8. The molecule has 0 saturated carbocycles. The minimum Gasteiger partial charge on any atom is -0.449 e. The van der Waals surface area contributed by atoms with Crippen LogP contribution in [0.2, 0.25) is 0 Å². The van der Waals surface area contributed by atoms with Crippen molar-refractivity contribution in [2.75, 3.05) is 19.7 Å². The molecular formula is C18H22N4O2. The van der Waals surface area contributed by atoms with Crippen molar-refractivity contribution in [1.29, 1.82) is 0 Å². The number of hydrogen-bond acceptors (Lipinski definition) is 4. The SMILES string of the molecule is CCCCOC(=O)N1CC=C(c2cn(-c3ccccc3)nn2)CC1. The van der Waals surface area contributed by atoms with Gasteiger partial charge in [-0.3, -0.25) is 0 Å². The van der Waals surface area contributed by atoms with Crippen molar-refractivity contribution in [2.45, 2.75) is 26.2 Å². The van der Waals surface area contributed by atoms with Gasteiger partial charge in [0.1, 0.15) is 5.69 Å². The monoisotopic (exact) mass is 326 g/mol. The molecule has 1 amide bonds. The van der Waals surface area contributed by atoms with Gasteiger partial charge in [0.25, 0.3) is 0 Å². The van der Waals surface area contributed by atoms with Crippen LogP contribution in [0.3, 0.4) is 0 Å². The second-order valence-electron chi connectivity index (χ2n) is 5.78. The van der Waals surface area contributed by atoms with Gasteiger partial charge >= 0.3 is 6.09 Å². The number of carbonyl (C=O) groups is 1. The van der Waals surface area contributed by atoms with Crippen LogP contribution < -0.4 is 0 Å². The molecule has 24 heavy (non-hydrogen) atoms. The lowest BCUT2D eigenvalue weighted by atomic mass is 10.1. The molecule has 6 heteroatoms. The zero-order chi connectivity index (χ0) is 16.8. The summed E-state index contributed by atoms with van der Waals surface area (Å²) in [5.41, 5.74) is 2.96. The molecule has 0 N–H and O–H groups in total. The highest BCUT2D eigenvalue weighted by Crippen LogP contribution is 2.21. The van der Waals surface area contributed by atoms with Crippen molar-refractivity contribution in [3.8, 4) is 5.69 Å². The Labute approximate surface area is 141 Å². The van der Waals surface area contributed by atoms with E-state index in [1.165, 1.54) is 0 Å². The number of unbranched alkanes of at least 4 members (excludes halogenated alkanes) is 1. The average Bonchev–Trinajstić information content (AvgIpc) is 3.13. The van der Waals surface area contributed by atoms with Gasteiger partial charge in [0.05, 0.1) is 18.5 Å². The van der Waals surface area contributed by atoms with Crippen LogP contribution in [0.5, 0.6) is 0 Å². The van der Waals surface area contributed by atoms with Gasteiger partial charge in [-0.15, -0.1) is 5.10 Å². The Morgan fingerprint density at radius 1 is 1.29 bits per heavy atom. The van der Waals surface area contributed by atoms with Crippen molar-refractivity contribution in [2.24, 2.45) is 0 Å². The topological polar surface area (TPSA) is 60.2 Å². The third-order valence-corrected chi connectivity index (χ3v) is 4.03. The van der Waals surface area contributed by atoms with Crippen LogP contribution >= 0.6 is 0 Å². The van der Waals surface area contributed by atoms with Crippen molar-refractivity contribution in [3.05, 3.63) is 48.3 Å². The van der Waals surface area contributed by atoms with E-state index in [4.69, 9.17) is 4.74 Å². The smallest absolute Gasteiger partial charge is 0.410 e. The maximum Gasteiger partial charge on any atom is 0.410 e. The third-order valence-electron chi connectivity index (χ3n) is 4.03. The Kier molecular flexibility index (Phi) is 5.25. The molecule has 0 spiro atoms. The summed E-state index contributed by atoms with van der Waals surface area (Å²) in [7, 11) is 0. The average molecular weight is 326 g/mol. The summed E-state index contributed by atoms with van der Waals surface area (Å²) >= 11 is 0. The third kappa shape index (κ3) is 3.82. The van der Waals surface area contributed by atoms with E-state index < -0.39 is 0 Å². The normalized spacial score (nSPS) is 14.4. The van der Waals surface area contributed by atoms with E-state index in [9.17, 15) is 4.79 Å². The number of benzene rings is 1. The van der Waals surface area contributed by atoms with Gasteiger partial charge in [0.2, 0.25) is 0 Å². The van der Waals surface area contributed by atoms with E-state index in [0.717, 1.165) is 36.2 Å². The van der Waals surface area contributed by atoms with Crippen LogP contribution in [0.15, 0.2) is 42.6 Å². The molecule has 0 radical (unpaired) electrons. The lowest BCUT2D eigenvalue weighted by Gasteiger charge is -2.25. The summed E-state index contributed by atoms with van der Waals surface area (Å²) in [6, 6.07) is 9.89. The lowest BCUT2D eigenvalue weighted by molar-refractivity contribution is 0.105. The number of rotatable bonds is 5. The molecular weight excluding hydrogens is 304 g/mol. The van der Waals surface area contributed by atoms with Gasteiger partial charge in [-0.2, -0.15) is 0 Å². The van der Waals surface area contributed by atoms with Crippen LogP contribution in [0.1, 0.15) is 31.9 Å². The quantitative estimate of drug-likeness (QED) is 0.791. The second kappa shape index (κ2) is 7.77. The fourth-order valence-corrected chi connectivity index (χ4v) is 2.58. The predicted octanol–water partition coefficient (Wildman–Crippen LogP) is 3.29. The van der Waals surface area contributed by atoms with E-state index in [-0.39, 0.29) is 6.09 Å². The molecule has 6 nitrogen and oxygen atoms in total. The van der Waals surface area contributed by atoms with E-state index in [2.05, 4.69) is 17.2 Å². The summed E-state index contributed by atoms with van der Waals surface area (Å²) in [6.45, 7) is 3.77. The fraction of sp³-hybridized carbons (Fsp3) is 0.389. The molecule has 126 valence electrons. The lowest BCUT2D eigenvalue weighted by Crippen LogP contribution is -2.35. The molecule has 2 heterocycles. The number of nitrogens with zero attached hydrogens (tertiary/aromatic N) is 4. The minimum atomic E-state index is -0.230. The number of hydrogen-bond donors (Lipinski definition) is 0. The van der Waals surface area contributed by atoms with E-state index in [1.807, 2.05) is 42.6 Å². The van der Waals surface area contributed by atoms with Crippen molar-refractivity contribution in [3.63, 3.8) is 0 Å². The maximum atomic E-state index is 11.9. The second-order valence-corrected chi connectivity index (χ2v) is 5.78. The number of amides is 1. The summed E-state index contributed by atoms with van der Waals surface area (Å²) < 4.78 is 7.02. The number of carbonyl (C=O) groups excluding carboxylic acids is 1. The Morgan fingerprint density at radius 2 is 2.12 bits per heavy atom. The minimum absolute atomic E-state index is 0.230. The van der Waals surface area contributed by atoms with Crippen molar-refractivity contribution >= 4 is 11.7 Å². The molecule has 0 fully saturated rings. The molecule has 0 atom stereocenters. The Bertz CT molecular complexity index is 709. The molecule has 0 saturated heterocycles. The van der Waals surface area contributed by atoms with Crippen LogP contribution in [-0.2, 0) is 4.74 Å². The summed E-state index contributed by atoms with van der Waals surface area (Å²) in [5, 5.41) is 8.44. The van der Waals surface area contributed by atoms with Gasteiger partial charge in [-0.25, -0.2) is 9.48 Å². The summed E-state index contributed by atoms with van der Waals surface area (Å²) in [4.78, 5) is 13.7. The molecule has 0 aliphatic carbocycles. The fourth-order valence-electron chi connectivity index (χ4n) is 2.58. The first-order valence-electron chi connectivity index (χ1n) is 8.37. The van der Waals surface area contributed by atoms with Gasteiger partial charge in [-0.05, 0) is 30.5 Å². The van der Waals surface area contributed by atoms with Crippen LogP contribution in [-0.4, -0.2) is 45.7 Å². The molecule has 1 aromatic carbocycles. The first kappa shape index (κ1) is 16.2. The van der Waals surface area contributed by atoms with Crippen molar-refractivity contribution < 1.29 is 9.53 Å². The van der Waals surface area contributed by atoms with Gasteiger partial charge in [-0.1, -0.05) is 42.8 Å². The Morgan fingerprint density at radius 3 is 2.83 bits per heavy atom. The maximum absolute atomic E-state index is 11.9. The zero-order valence-electron chi connectivity index (χ0n) is 13.9. The molecule has 3 rings (SSSR count). The largest absolute Gasteiger partial charge is 0.449 e. The Balaban J connectivity index is 1.61. The molecule has 1 aliphatic heterocycles. The molecule has 0 unspecified atom stereocenters. The summed E-state index contributed by atoms with van der Waals surface area (Å²) in [5.74, 6) is 0. The Hall–Kier alpha value is -2.63.